The first-order valence-electron chi connectivity index (χ1n) is 18.1. The van der Waals surface area contributed by atoms with Crippen LogP contribution in [0.2, 0.25) is 0 Å². The van der Waals surface area contributed by atoms with Gasteiger partial charge >= 0.3 is 11.9 Å². The van der Waals surface area contributed by atoms with Gasteiger partial charge in [0.25, 0.3) is 0 Å². The summed E-state index contributed by atoms with van der Waals surface area (Å²) >= 11 is 0. The van der Waals surface area contributed by atoms with Crippen molar-refractivity contribution in [1.29, 1.82) is 0 Å². The van der Waals surface area contributed by atoms with Gasteiger partial charge in [0.1, 0.15) is 35.2 Å². The number of epoxide rings is 2. The van der Waals surface area contributed by atoms with Crippen LogP contribution in [0.3, 0.4) is 0 Å². The molecule has 272 valence electrons. The maximum atomic E-state index is 13.1. The molecule has 4 atom stereocenters. The summed E-state index contributed by atoms with van der Waals surface area (Å²) in [7, 11) is 0. The van der Waals surface area contributed by atoms with Gasteiger partial charge in [-0.2, -0.15) is 0 Å². The van der Waals surface area contributed by atoms with Crippen LogP contribution < -0.4 is 18.9 Å². The Morgan fingerprint density at radius 2 is 1.00 bits per heavy atom. The van der Waals surface area contributed by atoms with Crippen molar-refractivity contribution in [1.82, 2.24) is 0 Å². The Labute approximate surface area is 303 Å². The van der Waals surface area contributed by atoms with E-state index in [0.717, 1.165) is 61.2 Å². The van der Waals surface area contributed by atoms with Crippen molar-refractivity contribution in [3.05, 3.63) is 107 Å². The molecule has 7 rings (SSSR count). The van der Waals surface area contributed by atoms with E-state index >= 15 is 0 Å². The van der Waals surface area contributed by atoms with Crippen molar-refractivity contribution in [3.8, 4) is 34.1 Å². The highest BCUT2D eigenvalue weighted by atomic mass is 16.7. The van der Waals surface area contributed by atoms with Crippen molar-refractivity contribution in [2.45, 2.75) is 77.2 Å². The van der Waals surface area contributed by atoms with E-state index in [2.05, 4.69) is 20.8 Å². The number of hydrogen-bond acceptors (Lipinski definition) is 10. The number of hydrogen-bond donors (Lipinski definition) is 0. The molecule has 52 heavy (non-hydrogen) atoms. The van der Waals surface area contributed by atoms with Crippen LogP contribution in [0.15, 0.2) is 84.9 Å². The summed E-state index contributed by atoms with van der Waals surface area (Å²) < 4.78 is 45.7. The molecule has 0 radical (unpaired) electrons. The predicted octanol–water partition coefficient (Wildman–Crippen LogP) is 8.10. The third-order valence-electron chi connectivity index (χ3n) is 9.19. The van der Waals surface area contributed by atoms with Gasteiger partial charge in [-0.05, 0) is 95.1 Å². The first-order valence-corrected chi connectivity index (χ1v) is 18.1. The van der Waals surface area contributed by atoms with E-state index in [0.29, 0.717) is 47.3 Å². The SMILES string of the molecule is CCCC(OCC1CO1)Oc1ccc(C(=O)Oc2ccc3c(c2)C(C)c2cc(OC(=O)c4ccc(OC(CCC)OCC5CO5)cc4)ccc2-3)cc1. The molecule has 2 heterocycles. The quantitative estimate of drug-likeness (QED) is 0.0435. The molecule has 1 aliphatic carbocycles. The summed E-state index contributed by atoms with van der Waals surface area (Å²) in [5.41, 5.74) is 4.96. The molecule has 2 fully saturated rings. The van der Waals surface area contributed by atoms with Crippen LogP contribution in [0.5, 0.6) is 23.0 Å². The first kappa shape index (κ1) is 35.7. The van der Waals surface area contributed by atoms with Gasteiger partial charge in [0.05, 0.1) is 37.6 Å². The predicted molar refractivity (Wildman–Crippen MR) is 192 cm³/mol. The second-order valence-electron chi connectivity index (χ2n) is 13.3. The minimum Gasteiger partial charge on any atom is -0.465 e. The highest BCUT2D eigenvalue weighted by Gasteiger charge is 2.28. The highest BCUT2D eigenvalue weighted by molar-refractivity contribution is 5.92. The van der Waals surface area contributed by atoms with Crippen molar-refractivity contribution >= 4 is 11.9 Å². The monoisotopic (exact) mass is 708 g/mol. The summed E-state index contributed by atoms with van der Waals surface area (Å²) in [5.74, 6) is 1.19. The van der Waals surface area contributed by atoms with Crippen LogP contribution in [-0.2, 0) is 18.9 Å². The van der Waals surface area contributed by atoms with E-state index in [1.54, 1.807) is 60.7 Å². The van der Waals surface area contributed by atoms with Gasteiger partial charge in [-0.3, -0.25) is 0 Å². The Kier molecular flexibility index (Phi) is 11.2. The summed E-state index contributed by atoms with van der Waals surface area (Å²) in [5, 5.41) is 0. The van der Waals surface area contributed by atoms with E-state index in [4.69, 9.17) is 37.9 Å². The van der Waals surface area contributed by atoms with E-state index in [-0.39, 0.29) is 30.7 Å². The van der Waals surface area contributed by atoms with Crippen LogP contribution in [0.4, 0.5) is 0 Å². The molecule has 2 aliphatic heterocycles. The molecular formula is C42H44O10. The van der Waals surface area contributed by atoms with Crippen molar-refractivity contribution < 1.29 is 47.5 Å². The normalized spacial score (nSPS) is 19.2. The number of carbonyl (C=O) groups is 2. The van der Waals surface area contributed by atoms with Gasteiger partial charge in [0.2, 0.25) is 0 Å². The number of ether oxygens (including phenoxy) is 8. The summed E-state index contributed by atoms with van der Waals surface area (Å²) in [6.07, 6.45) is 2.91. The largest absolute Gasteiger partial charge is 0.465 e. The van der Waals surface area contributed by atoms with Gasteiger partial charge in [-0.15, -0.1) is 0 Å². The molecule has 3 aliphatic rings. The van der Waals surface area contributed by atoms with Gasteiger partial charge in [0.15, 0.2) is 12.6 Å². The third-order valence-corrected chi connectivity index (χ3v) is 9.19. The van der Waals surface area contributed by atoms with Crippen LogP contribution in [0.25, 0.3) is 11.1 Å². The van der Waals surface area contributed by atoms with Crippen molar-refractivity contribution in [2.75, 3.05) is 26.4 Å². The number of esters is 2. The average Bonchev–Trinajstić information content (AvgIpc) is 4.10. The molecule has 0 saturated carbocycles. The molecule has 0 amide bonds. The fourth-order valence-electron chi connectivity index (χ4n) is 6.14. The molecule has 4 aromatic carbocycles. The number of fused-ring (bicyclic) bond motifs is 3. The van der Waals surface area contributed by atoms with Crippen LogP contribution in [0.1, 0.15) is 84.2 Å². The van der Waals surface area contributed by atoms with Gasteiger partial charge in [0, 0.05) is 18.8 Å². The molecular weight excluding hydrogens is 664 g/mol. The van der Waals surface area contributed by atoms with Crippen molar-refractivity contribution in [3.63, 3.8) is 0 Å². The zero-order chi connectivity index (χ0) is 36.0. The minimum atomic E-state index is -0.464. The molecule has 4 unspecified atom stereocenters. The number of benzene rings is 4. The fraction of sp³-hybridized carbons (Fsp3) is 0.381. The Hall–Kier alpha value is -4.74. The fourth-order valence-corrected chi connectivity index (χ4v) is 6.14. The van der Waals surface area contributed by atoms with E-state index < -0.39 is 11.9 Å². The van der Waals surface area contributed by atoms with E-state index in [1.165, 1.54) is 0 Å². The summed E-state index contributed by atoms with van der Waals surface area (Å²) in [6, 6.07) is 25.1. The molecule has 4 aromatic rings. The molecule has 10 nitrogen and oxygen atoms in total. The first-order chi connectivity index (χ1) is 25.4. The van der Waals surface area contributed by atoms with E-state index in [1.807, 2.05) is 24.3 Å². The Morgan fingerprint density at radius 3 is 1.37 bits per heavy atom. The number of carbonyl (C=O) groups excluding carboxylic acids is 2. The Morgan fingerprint density at radius 1 is 0.615 bits per heavy atom. The molecule has 0 N–H and O–H groups in total. The zero-order valence-electron chi connectivity index (χ0n) is 29.7. The molecule has 0 aromatic heterocycles. The maximum absolute atomic E-state index is 13.1. The summed E-state index contributed by atoms with van der Waals surface area (Å²) in [6.45, 7) is 8.70. The standard InChI is InChI=1S/C42H44O10/c1-4-6-39(47-24-33-22-45-33)49-29-12-8-27(9-13-29)41(43)51-31-16-18-35-36-19-17-32(21-38(36)26(3)37(35)20-31)52-42(44)28-10-14-30(15-11-28)50-40(7-5-2)48-25-34-23-46-34/h8-21,26,33-34,39-40H,4-7,22-25H2,1-3H3. The lowest BCUT2D eigenvalue weighted by molar-refractivity contribution is -0.0887. The summed E-state index contributed by atoms with van der Waals surface area (Å²) in [4.78, 5) is 26.1. The van der Waals surface area contributed by atoms with Crippen molar-refractivity contribution in [2.24, 2.45) is 0 Å². The van der Waals surface area contributed by atoms with E-state index in [9.17, 15) is 9.59 Å². The lowest BCUT2D eigenvalue weighted by Gasteiger charge is -2.18. The van der Waals surface area contributed by atoms with Gasteiger partial charge in [-0.1, -0.05) is 45.7 Å². The molecule has 10 heteroatoms. The molecule has 2 saturated heterocycles. The average molecular weight is 709 g/mol. The van der Waals surface area contributed by atoms with Gasteiger partial charge in [-0.25, -0.2) is 9.59 Å². The van der Waals surface area contributed by atoms with Crippen LogP contribution >= 0.6 is 0 Å². The maximum Gasteiger partial charge on any atom is 0.343 e. The van der Waals surface area contributed by atoms with Gasteiger partial charge < -0.3 is 37.9 Å². The highest BCUT2D eigenvalue weighted by Crippen LogP contribution is 2.47. The second kappa shape index (κ2) is 16.3. The third kappa shape index (κ3) is 9.00. The lowest BCUT2D eigenvalue weighted by Crippen LogP contribution is -2.22. The Bertz CT molecular complexity index is 1710. The molecule has 0 bridgehead atoms. The minimum absolute atomic E-state index is 0.00954. The molecule has 0 spiro atoms. The topological polar surface area (TPSA) is 115 Å². The Balaban J connectivity index is 0.942. The van der Waals surface area contributed by atoms with Crippen LogP contribution in [0, 0.1) is 0 Å². The zero-order valence-corrected chi connectivity index (χ0v) is 29.7. The second-order valence-corrected chi connectivity index (χ2v) is 13.3. The lowest BCUT2D eigenvalue weighted by atomic mass is 9.99. The van der Waals surface area contributed by atoms with Crippen LogP contribution in [-0.4, -0.2) is 63.2 Å². The smallest absolute Gasteiger partial charge is 0.343 e. The number of rotatable bonds is 18.